The van der Waals surface area contributed by atoms with E-state index in [9.17, 15) is 9.59 Å². The quantitative estimate of drug-likeness (QED) is 0.837. The van der Waals surface area contributed by atoms with Gasteiger partial charge in [-0.2, -0.15) is 0 Å². The Kier molecular flexibility index (Phi) is 3.96. The van der Waals surface area contributed by atoms with Crippen LogP contribution in [0.5, 0.6) is 0 Å². The molecule has 0 atom stereocenters. The second-order valence-electron chi connectivity index (χ2n) is 5.54. The molecule has 114 valence electrons. The van der Waals surface area contributed by atoms with Gasteiger partial charge in [0.2, 0.25) is 5.91 Å². The van der Waals surface area contributed by atoms with Crippen LogP contribution in [0.25, 0.3) is 0 Å². The number of rotatable bonds is 2. The molecule has 2 aliphatic rings. The highest BCUT2D eigenvalue weighted by atomic mass is 16.2. The van der Waals surface area contributed by atoms with Crippen molar-refractivity contribution in [1.29, 1.82) is 0 Å². The topological polar surface area (TPSA) is 66.6 Å². The molecule has 1 aliphatic heterocycles. The molecule has 2 amide bonds. The van der Waals surface area contributed by atoms with Crippen LogP contribution in [0.3, 0.4) is 0 Å². The third-order valence-corrected chi connectivity index (χ3v) is 4.07. The van der Waals surface area contributed by atoms with Crippen LogP contribution in [0.2, 0.25) is 0 Å². The van der Waals surface area contributed by atoms with Gasteiger partial charge in [0, 0.05) is 37.4 Å². The van der Waals surface area contributed by atoms with E-state index in [4.69, 9.17) is 5.73 Å². The van der Waals surface area contributed by atoms with Crippen molar-refractivity contribution in [3.8, 4) is 0 Å². The Bertz CT molecular complexity index is 614. The summed E-state index contributed by atoms with van der Waals surface area (Å²) in [7, 11) is 0. The second-order valence-corrected chi connectivity index (χ2v) is 5.54. The molecule has 1 aromatic rings. The molecule has 5 heteroatoms. The summed E-state index contributed by atoms with van der Waals surface area (Å²) in [6.07, 6.45) is 7.58. The van der Waals surface area contributed by atoms with Gasteiger partial charge in [-0.05, 0) is 24.3 Å². The molecular weight excluding hydrogens is 278 g/mol. The Hall–Kier alpha value is -2.56. The van der Waals surface area contributed by atoms with Crippen LogP contribution in [0.15, 0.2) is 48.6 Å². The van der Waals surface area contributed by atoms with E-state index in [1.54, 1.807) is 29.2 Å². The molecule has 0 bridgehead atoms. The number of carbonyl (C=O) groups excluding carboxylic acids is 2. The molecule has 0 unspecified atom stereocenters. The van der Waals surface area contributed by atoms with E-state index in [0.717, 1.165) is 0 Å². The fraction of sp³-hybridized carbons (Fsp3) is 0.294. The summed E-state index contributed by atoms with van der Waals surface area (Å²) in [6, 6.07) is 6.93. The number of anilines is 1. The first-order valence-corrected chi connectivity index (χ1v) is 7.44. The van der Waals surface area contributed by atoms with Crippen LogP contribution < -0.4 is 5.73 Å². The van der Waals surface area contributed by atoms with Gasteiger partial charge < -0.3 is 15.5 Å². The van der Waals surface area contributed by atoms with Gasteiger partial charge in [-0.3, -0.25) is 9.59 Å². The molecule has 5 nitrogen and oxygen atoms in total. The summed E-state index contributed by atoms with van der Waals surface area (Å²) in [5.41, 5.74) is 6.91. The lowest BCUT2D eigenvalue weighted by Gasteiger charge is -2.35. The Labute approximate surface area is 129 Å². The number of amides is 2. The van der Waals surface area contributed by atoms with Crippen molar-refractivity contribution in [3.05, 3.63) is 54.1 Å². The zero-order chi connectivity index (χ0) is 15.5. The van der Waals surface area contributed by atoms with Crippen LogP contribution in [0.1, 0.15) is 10.4 Å². The molecule has 2 N–H and O–H groups in total. The standard InChI is InChI=1S/C17H19N3O2/c18-15-7-5-14(6-8-15)17(22)20-11-9-19(10-12-20)16(21)13-3-1-2-4-13/h1-8,13H,9-12,18H2. The van der Waals surface area contributed by atoms with Crippen LogP contribution in [0.4, 0.5) is 5.69 Å². The van der Waals surface area contributed by atoms with Gasteiger partial charge in [0.15, 0.2) is 0 Å². The van der Waals surface area contributed by atoms with Gasteiger partial charge in [0.05, 0.1) is 5.92 Å². The number of nitrogens with zero attached hydrogens (tertiary/aromatic N) is 2. The summed E-state index contributed by atoms with van der Waals surface area (Å²) < 4.78 is 0. The van der Waals surface area contributed by atoms with Crippen LogP contribution in [0, 0.1) is 5.92 Å². The lowest BCUT2D eigenvalue weighted by atomic mass is 10.1. The number of nitrogen functional groups attached to an aromatic ring is 1. The number of nitrogens with two attached hydrogens (primary N) is 1. The van der Waals surface area contributed by atoms with E-state index >= 15 is 0 Å². The Morgan fingerprint density at radius 2 is 1.45 bits per heavy atom. The lowest BCUT2D eigenvalue weighted by Crippen LogP contribution is -2.51. The smallest absolute Gasteiger partial charge is 0.253 e. The fourth-order valence-corrected chi connectivity index (χ4v) is 2.75. The first-order chi connectivity index (χ1) is 10.6. The molecule has 0 aromatic heterocycles. The molecule has 1 heterocycles. The highest BCUT2D eigenvalue weighted by Gasteiger charge is 2.27. The van der Waals surface area contributed by atoms with Gasteiger partial charge in [-0.1, -0.05) is 24.3 Å². The number of carbonyl (C=O) groups is 2. The van der Waals surface area contributed by atoms with Crippen molar-refractivity contribution in [2.24, 2.45) is 5.92 Å². The Morgan fingerprint density at radius 1 is 0.909 bits per heavy atom. The van der Waals surface area contributed by atoms with Crippen molar-refractivity contribution in [2.45, 2.75) is 0 Å². The van der Waals surface area contributed by atoms with Crippen molar-refractivity contribution in [3.63, 3.8) is 0 Å². The summed E-state index contributed by atoms with van der Waals surface area (Å²) >= 11 is 0. The summed E-state index contributed by atoms with van der Waals surface area (Å²) in [6.45, 7) is 2.29. The minimum absolute atomic E-state index is 0.00671. The number of piperazine rings is 1. The fourth-order valence-electron chi connectivity index (χ4n) is 2.75. The van der Waals surface area contributed by atoms with E-state index in [1.165, 1.54) is 0 Å². The predicted octanol–water partition coefficient (Wildman–Crippen LogP) is 1.30. The van der Waals surface area contributed by atoms with E-state index in [2.05, 4.69) is 0 Å². The van der Waals surface area contributed by atoms with Crippen LogP contribution in [-0.2, 0) is 4.79 Å². The van der Waals surface area contributed by atoms with E-state index in [1.807, 2.05) is 29.2 Å². The molecule has 1 aromatic carbocycles. The molecule has 1 fully saturated rings. The van der Waals surface area contributed by atoms with Crippen molar-refractivity contribution in [1.82, 2.24) is 9.80 Å². The third kappa shape index (κ3) is 2.88. The summed E-state index contributed by atoms with van der Waals surface area (Å²) in [5.74, 6) is -0.0308. The van der Waals surface area contributed by atoms with E-state index in [-0.39, 0.29) is 17.7 Å². The molecule has 0 saturated carbocycles. The highest BCUT2D eigenvalue weighted by Crippen LogP contribution is 2.16. The van der Waals surface area contributed by atoms with Crippen molar-refractivity contribution in [2.75, 3.05) is 31.9 Å². The number of allylic oxidation sites excluding steroid dienone is 2. The van der Waals surface area contributed by atoms with Crippen molar-refractivity contribution < 1.29 is 9.59 Å². The minimum Gasteiger partial charge on any atom is -0.399 e. The average molecular weight is 297 g/mol. The molecule has 22 heavy (non-hydrogen) atoms. The average Bonchev–Trinajstić information content (AvgIpc) is 3.09. The Morgan fingerprint density at radius 3 is 2.05 bits per heavy atom. The third-order valence-electron chi connectivity index (χ3n) is 4.07. The summed E-state index contributed by atoms with van der Waals surface area (Å²) in [4.78, 5) is 28.3. The summed E-state index contributed by atoms with van der Waals surface area (Å²) in [5, 5.41) is 0. The molecular formula is C17H19N3O2. The van der Waals surface area contributed by atoms with Gasteiger partial charge in [-0.15, -0.1) is 0 Å². The van der Waals surface area contributed by atoms with Gasteiger partial charge >= 0.3 is 0 Å². The number of hydrogen-bond acceptors (Lipinski definition) is 3. The number of hydrogen-bond donors (Lipinski definition) is 1. The zero-order valence-corrected chi connectivity index (χ0v) is 12.3. The highest BCUT2D eigenvalue weighted by molar-refractivity contribution is 5.94. The predicted molar refractivity (Wildman–Crippen MR) is 85.1 cm³/mol. The maximum atomic E-state index is 12.4. The monoisotopic (exact) mass is 297 g/mol. The van der Waals surface area contributed by atoms with E-state index in [0.29, 0.717) is 37.4 Å². The largest absolute Gasteiger partial charge is 0.399 e. The van der Waals surface area contributed by atoms with Crippen LogP contribution in [-0.4, -0.2) is 47.8 Å². The minimum atomic E-state index is -0.139. The maximum Gasteiger partial charge on any atom is 0.253 e. The Balaban J connectivity index is 1.58. The van der Waals surface area contributed by atoms with E-state index < -0.39 is 0 Å². The first kappa shape index (κ1) is 14.4. The normalized spacial score (nSPS) is 18.0. The second kappa shape index (κ2) is 6.05. The van der Waals surface area contributed by atoms with Gasteiger partial charge in [-0.25, -0.2) is 0 Å². The molecule has 1 saturated heterocycles. The molecule has 3 rings (SSSR count). The first-order valence-electron chi connectivity index (χ1n) is 7.44. The maximum absolute atomic E-state index is 12.4. The lowest BCUT2D eigenvalue weighted by molar-refractivity contribution is -0.134. The van der Waals surface area contributed by atoms with Gasteiger partial charge in [0.1, 0.15) is 0 Å². The zero-order valence-electron chi connectivity index (χ0n) is 12.3. The van der Waals surface area contributed by atoms with Gasteiger partial charge in [0.25, 0.3) is 5.91 Å². The SMILES string of the molecule is Nc1ccc(C(=O)N2CCN(C(=O)C3C=CC=C3)CC2)cc1. The molecule has 0 radical (unpaired) electrons. The van der Waals surface area contributed by atoms with Crippen molar-refractivity contribution >= 4 is 17.5 Å². The molecule has 1 aliphatic carbocycles. The number of benzene rings is 1. The van der Waals surface area contributed by atoms with Crippen LogP contribution >= 0.6 is 0 Å². The molecule has 0 spiro atoms.